The summed E-state index contributed by atoms with van der Waals surface area (Å²) in [5, 5.41) is 11.3. The van der Waals surface area contributed by atoms with Gasteiger partial charge in [-0.1, -0.05) is 29.8 Å². The quantitative estimate of drug-likeness (QED) is 0.356. The number of hydrogen-bond acceptors (Lipinski definition) is 7. The Morgan fingerprint density at radius 1 is 1.12 bits per heavy atom. The molecule has 0 spiro atoms. The van der Waals surface area contributed by atoms with E-state index in [-0.39, 0.29) is 24.1 Å². The molecule has 1 fully saturated rings. The smallest absolute Gasteiger partial charge is 0.327 e. The summed E-state index contributed by atoms with van der Waals surface area (Å²) in [6.07, 6.45) is 0. The molecule has 0 N–H and O–H groups in total. The molecule has 0 aromatic heterocycles. The lowest BCUT2D eigenvalue weighted by molar-refractivity contribution is -0.384. The Hall–Kier alpha value is -3.01. The van der Waals surface area contributed by atoms with Crippen molar-refractivity contribution in [3.8, 4) is 0 Å². The standard InChI is InChI=1S/C22H25ClN4O5/c1-24(16-7-9-17(10-8-16)27(30)31)20(28)15-25-11-13-26(14-12-25)21(22(29)32-2)18-5-3-4-6-19(18)23/h3-10,21H,11-15H2,1-2H3. The number of ether oxygens (including phenoxy) is 1. The first kappa shape index (κ1) is 23.6. The van der Waals surface area contributed by atoms with E-state index in [1.54, 1.807) is 25.2 Å². The number of likely N-dealkylation sites (N-methyl/N-ethyl adjacent to an activating group) is 1. The van der Waals surface area contributed by atoms with Crippen LogP contribution in [0.1, 0.15) is 11.6 Å². The second kappa shape index (κ2) is 10.5. The van der Waals surface area contributed by atoms with Crippen LogP contribution in [0.5, 0.6) is 0 Å². The summed E-state index contributed by atoms with van der Waals surface area (Å²) < 4.78 is 5.01. The number of hydrogen-bond donors (Lipinski definition) is 0. The predicted molar refractivity (Wildman–Crippen MR) is 121 cm³/mol. The van der Waals surface area contributed by atoms with Gasteiger partial charge in [-0.15, -0.1) is 0 Å². The van der Waals surface area contributed by atoms with Gasteiger partial charge in [0.05, 0.1) is 18.6 Å². The van der Waals surface area contributed by atoms with Crippen molar-refractivity contribution >= 4 is 34.9 Å². The molecule has 3 rings (SSSR count). The number of rotatable bonds is 7. The van der Waals surface area contributed by atoms with Gasteiger partial charge in [0, 0.05) is 56.1 Å². The topological polar surface area (TPSA) is 96.2 Å². The minimum Gasteiger partial charge on any atom is -0.468 e. The highest BCUT2D eigenvalue weighted by Gasteiger charge is 2.33. The number of nitro benzene ring substituents is 1. The summed E-state index contributed by atoms with van der Waals surface area (Å²) in [4.78, 5) is 41.0. The number of amides is 1. The molecule has 1 saturated heterocycles. The fraction of sp³-hybridized carbons (Fsp3) is 0.364. The number of esters is 1. The van der Waals surface area contributed by atoms with Crippen LogP contribution >= 0.6 is 11.6 Å². The first-order chi connectivity index (χ1) is 15.3. The maximum absolute atomic E-state index is 12.7. The number of carbonyl (C=O) groups is 2. The third kappa shape index (κ3) is 5.42. The van der Waals surface area contributed by atoms with Crippen molar-refractivity contribution < 1.29 is 19.2 Å². The number of nitro groups is 1. The number of piperazine rings is 1. The van der Waals surface area contributed by atoms with Crippen LogP contribution in [0.4, 0.5) is 11.4 Å². The Bertz CT molecular complexity index is 977. The average molecular weight is 461 g/mol. The van der Waals surface area contributed by atoms with Crippen LogP contribution in [0.2, 0.25) is 5.02 Å². The van der Waals surface area contributed by atoms with Crippen molar-refractivity contribution in [3.63, 3.8) is 0 Å². The van der Waals surface area contributed by atoms with E-state index >= 15 is 0 Å². The van der Waals surface area contributed by atoms with Gasteiger partial charge in [-0.2, -0.15) is 0 Å². The second-order valence-electron chi connectivity index (χ2n) is 7.49. The fourth-order valence-electron chi connectivity index (χ4n) is 3.70. The largest absolute Gasteiger partial charge is 0.468 e. The minimum absolute atomic E-state index is 0.0237. The van der Waals surface area contributed by atoms with Crippen LogP contribution in [-0.2, 0) is 14.3 Å². The summed E-state index contributed by atoms with van der Waals surface area (Å²) in [7, 11) is 3.00. The number of non-ortho nitro benzene ring substituents is 1. The molecule has 1 atom stereocenters. The highest BCUT2D eigenvalue weighted by atomic mass is 35.5. The zero-order valence-corrected chi connectivity index (χ0v) is 18.7. The van der Waals surface area contributed by atoms with Crippen LogP contribution in [0, 0.1) is 10.1 Å². The molecule has 1 unspecified atom stereocenters. The van der Waals surface area contributed by atoms with Gasteiger partial charge < -0.3 is 9.64 Å². The number of carbonyl (C=O) groups excluding carboxylic acids is 2. The maximum atomic E-state index is 12.7. The summed E-state index contributed by atoms with van der Waals surface area (Å²) in [5.41, 5.74) is 1.26. The zero-order chi connectivity index (χ0) is 23.3. The highest BCUT2D eigenvalue weighted by Crippen LogP contribution is 2.29. The van der Waals surface area contributed by atoms with Crippen LogP contribution in [0.15, 0.2) is 48.5 Å². The minimum atomic E-state index is -0.602. The monoisotopic (exact) mass is 460 g/mol. The molecule has 1 heterocycles. The Labute approximate surface area is 191 Å². The number of halogens is 1. The number of benzene rings is 2. The summed E-state index contributed by atoms with van der Waals surface area (Å²) in [5.74, 6) is -0.497. The van der Waals surface area contributed by atoms with E-state index in [0.29, 0.717) is 42.5 Å². The van der Waals surface area contributed by atoms with Crippen molar-refractivity contribution in [1.29, 1.82) is 0 Å². The molecule has 0 saturated carbocycles. The van der Waals surface area contributed by atoms with E-state index < -0.39 is 11.0 Å². The van der Waals surface area contributed by atoms with Gasteiger partial charge in [-0.05, 0) is 23.8 Å². The Balaban J connectivity index is 1.60. The summed E-state index contributed by atoms with van der Waals surface area (Å²) in [6.45, 7) is 2.53. The number of methoxy groups -OCH3 is 1. The van der Waals surface area contributed by atoms with Gasteiger partial charge in [-0.25, -0.2) is 4.79 Å². The number of nitrogens with zero attached hydrogens (tertiary/aromatic N) is 4. The van der Waals surface area contributed by atoms with E-state index in [1.165, 1.54) is 24.1 Å². The van der Waals surface area contributed by atoms with Gasteiger partial charge in [0.2, 0.25) is 5.91 Å². The van der Waals surface area contributed by atoms with Gasteiger partial charge >= 0.3 is 5.97 Å². The average Bonchev–Trinajstić information content (AvgIpc) is 2.80. The third-order valence-corrected chi connectivity index (χ3v) is 5.92. The van der Waals surface area contributed by atoms with Crippen molar-refractivity contribution in [1.82, 2.24) is 9.80 Å². The summed E-state index contributed by atoms with van der Waals surface area (Å²) in [6, 6.07) is 12.5. The molecule has 0 radical (unpaired) electrons. The van der Waals surface area contributed by atoms with Crippen LogP contribution in [-0.4, -0.2) is 73.5 Å². The lowest BCUT2D eigenvalue weighted by Gasteiger charge is -2.38. The van der Waals surface area contributed by atoms with Gasteiger partial charge in [0.1, 0.15) is 6.04 Å². The van der Waals surface area contributed by atoms with Crippen LogP contribution in [0.25, 0.3) is 0 Å². The molecule has 1 aliphatic rings. The Kier molecular flexibility index (Phi) is 7.79. The Morgan fingerprint density at radius 3 is 2.31 bits per heavy atom. The fourth-order valence-corrected chi connectivity index (χ4v) is 3.94. The van der Waals surface area contributed by atoms with E-state index in [9.17, 15) is 19.7 Å². The lowest BCUT2D eigenvalue weighted by Crippen LogP contribution is -2.51. The Morgan fingerprint density at radius 2 is 1.75 bits per heavy atom. The molecule has 0 aliphatic carbocycles. The van der Waals surface area contributed by atoms with E-state index in [1.807, 2.05) is 28.0 Å². The van der Waals surface area contributed by atoms with Crippen molar-refractivity contribution in [2.75, 3.05) is 51.8 Å². The molecule has 1 aliphatic heterocycles. The molecule has 2 aromatic carbocycles. The SMILES string of the molecule is COC(=O)C(c1ccccc1Cl)N1CCN(CC(=O)N(C)c2ccc([N+](=O)[O-])cc2)CC1. The first-order valence-corrected chi connectivity index (χ1v) is 10.5. The molecular weight excluding hydrogens is 436 g/mol. The first-order valence-electron chi connectivity index (χ1n) is 10.1. The zero-order valence-electron chi connectivity index (χ0n) is 17.9. The molecular formula is C22H25ClN4O5. The van der Waals surface area contributed by atoms with E-state index in [0.717, 1.165) is 0 Å². The highest BCUT2D eigenvalue weighted by molar-refractivity contribution is 6.31. The summed E-state index contributed by atoms with van der Waals surface area (Å²) >= 11 is 6.32. The molecule has 9 nitrogen and oxygen atoms in total. The predicted octanol–water partition coefficient (Wildman–Crippen LogP) is 2.74. The molecule has 170 valence electrons. The van der Waals surface area contributed by atoms with E-state index in [4.69, 9.17) is 16.3 Å². The second-order valence-corrected chi connectivity index (χ2v) is 7.89. The molecule has 1 amide bonds. The van der Waals surface area contributed by atoms with Gasteiger partial charge in [-0.3, -0.25) is 24.7 Å². The molecule has 32 heavy (non-hydrogen) atoms. The maximum Gasteiger partial charge on any atom is 0.327 e. The van der Waals surface area contributed by atoms with Crippen molar-refractivity contribution in [2.45, 2.75) is 6.04 Å². The van der Waals surface area contributed by atoms with Gasteiger partial charge in [0.15, 0.2) is 0 Å². The van der Waals surface area contributed by atoms with Crippen molar-refractivity contribution in [3.05, 3.63) is 69.2 Å². The molecule has 0 bridgehead atoms. The molecule has 2 aromatic rings. The van der Waals surface area contributed by atoms with Crippen LogP contribution in [0.3, 0.4) is 0 Å². The lowest BCUT2D eigenvalue weighted by atomic mass is 10.0. The third-order valence-electron chi connectivity index (χ3n) is 5.58. The molecule has 10 heteroatoms. The van der Waals surface area contributed by atoms with Crippen molar-refractivity contribution in [2.24, 2.45) is 0 Å². The van der Waals surface area contributed by atoms with E-state index in [2.05, 4.69) is 0 Å². The van der Waals surface area contributed by atoms with Crippen LogP contribution < -0.4 is 4.90 Å². The van der Waals surface area contributed by atoms with Gasteiger partial charge in [0.25, 0.3) is 5.69 Å². The normalized spacial score (nSPS) is 15.7. The number of anilines is 1.